The van der Waals surface area contributed by atoms with Crippen LogP contribution < -0.4 is 5.56 Å². The van der Waals surface area contributed by atoms with Gasteiger partial charge in [0.15, 0.2) is 0 Å². The van der Waals surface area contributed by atoms with Crippen molar-refractivity contribution in [2.75, 3.05) is 0 Å². The largest absolute Gasteiger partial charge is 0.416 e. The summed E-state index contributed by atoms with van der Waals surface area (Å²) in [6.45, 7) is 0. The van der Waals surface area contributed by atoms with Crippen molar-refractivity contribution >= 4 is 21.6 Å². The molecule has 0 radical (unpaired) electrons. The highest BCUT2D eigenvalue weighted by molar-refractivity contribution is 7.18. The second kappa shape index (κ2) is 5.44. The van der Waals surface area contributed by atoms with Crippen molar-refractivity contribution in [1.29, 1.82) is 0 Å². The minimum atomic E-state index is -4.38. The van der Waals surface area contributed by atoms with E-state index in [9.17, 15) is 18.0 Å². The van der Waals surface area contributed by atoms with Crippen molar-refractivity contribution in [3.05, 3.63) is 50.6 Å². The Morgan fingerprint density at radius 2 is 1.79 bits per heavy atom. The van der Waals surface area contributed by atoms with Gasteiger partial charge in [0.2, 0.25) is 0 Å². The quantitative estimate of drug-likeness (QED) is 0.700. The van der Waals surface area contributed by atoms with Crippen molar-refractivity contribution in [3.63, 3.8) is 0 Å². The van der Waals surface area contributed by atoms with Gasteiger partial charge >= 0.3 is 6.18 Å². The summed E-state index contributed by atoms with van der Waals surface area (Å²) < 4.78 is 38.0. The Balaban J connectivity index is 1.82. The molecule has 0 unspecified atom stereocenters. The summed E-state index contributed by atoms with van der Waals surface area (Å²) >= 11 is 1.52. The fraction of sp³-hybridized carbons (Fsp3) is 0.294. The maximum absolute atomic E-state index is 12.7. The number of hydrogen-bond donors (Lipinski definition) is 1. The number of nitrogens with zero attached hydrogens (tertiary/aromatic N) is 1. The number of hydrogen-bond acceptors (Lipinski definition) is 3. The number of aryl methyl sites for hydroxylation is 2. The fourth-order valence-corrected chi connectivity index (χ4v) is 4.38. The molecule has 0 saturated carbocycles. The third-order valence-corrected chi connectivity index (χ3v) is 5.50. The average Bonchev–Trinajstić information content (AvgIpc) is 2.93. The molecule has 0 spiro atoms. The number of rotatable bonds is 1. The van der Waals surface area contributed by atoms with Gasteiger partial charge in [-0.15, -0.1) is 11.3 Å². The van der Waals surface area contributed by atoms with Gasteiger partial charge in [0.05, 0.1) is 10.9 Å². The van der Waals surface area contributed by atoms with Crippen LogP contribution in [0, 0.1) is 0 Å². The third kappa shape index (κ3) is 2.53. The lowest BCUT2D eigenvalue weighted by Gasteiger charge is -2.09. The minimum absolute atomic E-state index is 0.214. The predicted molar refractivity (Wildman–Crippen MR) is 87.3 cm³/mol. The molecular weight excluding hydrogens is 337 g/mol. The van der Waals surface area contributed by atoms with Gasteiger partial charge in [-0.1, -0.05) is 12.1 Å². The highest BCUT2D eigenvalue weighted by Gasteiger charge is 2.30. The summed E-state index contributed by atoms with van der Waals surface area (Å²) in [5, 5.41) is 0.644. The van der Waals surface area contributed by atoms with Crippen LogP contribution in [-0.4, -0.2) is 9.97 Å². The van der Waals surface area contributed by atoms with Crippen molar-refractivity contribution in [3.8, 4) is 11.4 Å². The van der Waals surface area contributed by atoms with E-state index >= 15 is 0 Å². The second-order valence-corrected chi connectivity index (χ2v) is 6.96. The van der Waals surface area contributed by atoms with Gasteiger partial charge in [0.25, 0.3) is 5.56 Å². The van der Waals surface area contributed by atoms with E-state index in [1.807, 2.05) is 0 Å². The molecule has 0 atom stereocenters. The summed E-state index contributed by atoms with van der Waals surface area (Å²) in [5.74, 6) is 0.305. The standard InChI is InChI=1S/C17H13F3N2OS/c18-17(19,20)10-7-5-9(6-8-10)14-21-15(23)13-11-3-1-2-4-12(11)24-16(13)22-14/h5-8H,1-4H2,(H,21,22,23). The topological polar surface area (TPSA) is 45.8 Å². The lowest BCUT2D eigenvalue weighted by molar-refractivity contribution is -0.137. The van der Waals surface area contributed by atoms with Gasteiger partial charge in [0.1, 0.15) is 10.7 Å². The normalized spacial score (nSPS) is 14.8. The van der Waals surface area contributed by atoms with Crippen LogP contribution in [0.3, 0.4) is 0 Å². The number of nitrogens with one attached hydrogen (secondary N) is 1. The summed E-state index contributed by atoms with van der Waals surface area (Å²) in [6.07, 6.45) is -0.344. The van der Waals surface area contributed by atoms with E-state index in [2.05, 4.69) is 9.97 Å². The van der Waals surface area contributed by atoms with Crippen LogP contribution in [-0.2, 0) is 19.0 Å². The smallest absolute Gasteiger partial charge is 0.306 e. The second-order valence-electron chi connectivity index (χ2n) is 5.88. The Hall–Kier alpha value is -2.15. The van der Waals surface area contributed by atoms with Crippen LogP contribution in [0.1, 0.15) is 28.8 Å². The van der Waals surface area contributed by atoms with Crippen molar-refractivity contribution < 1.29 is 13.2 Å². The molecule has 1 N–H and O–H groups in total. The Morgan fingerprint density at radius 3 is 2.50 bits per heavy atom. The van der Waals surface area contributed by atoms with E-state index in [4.69, 9.17) is 0 Å². The molecule has 3 aromatic rings. The van der Waals surface area contributed by atoms with Crippen LogP contribution in [0.15, 0.2) is 29.1 Å². The van der Waals surface area contributed by atoms with E-state index in [-0.39, 0.29) is 5.56 Å². The van der Waals surface area contributed by atoms with E-state index in [1.54, 1.807) is 0 Å². The van der Waals surface area contributed by atoms with Crippen molar-refractivity contribution in [1.82, 2.24) is 9.97 Å². The number of fused-ring (bicyclic) bond motifs is 3. The zero-order chi connectivity index (χ0) is 16.9. The molecule has 0 saturated heterocycles. The number of aromatic amines is 1. The maximum Gasteiger partial charge on any atom is 0.416 e. The molecule has 0 fully saturated rings. The molecule has 4 rings (SSSR count). The van der Waals surface area contributed by atoms with Crippen LogP contribution in [0.2, 0.25) is 0 Å². The first kappa shape index (κ1) is 15.4. The van der Waals surface area contributed by atoms with Crippen LogP contribution >= 0.6 is 11.3 Å². The number of halogens is 3. The zero-order valence-corrected chi connectivity index (χ0v) is 13.4. The molecule has 1 aliphatic carbocycles. The molecule has 1 aromatic carbocycles. The zero-order valence-electron chi connectivity index (χ0n) is 12.5. The molecule has 2 heterocycles. The van der Waals surface area contributed by atoms with Crippen molar-refractivity contribution in [2.45, 2.75) is 31.9 Å². The van der Waals surface area contributed by atoms with E-state index in [1.165, 1.54) is 28.3 Å². The van der Waals surface area contributed by atoms with Gasteiger partial charge in [-0.2, -0.15) is 13.2 Å². The summed E-state index contributed by atoms with van der Waals surface area (Å²) in [5.41, 5.74) is 0.623. The van der Waals surface area contributed by atoms with Crippen LogP contribution in [0.25, 0.3) is 21.6 Å². The Kier molecular flexibility index (Phi) is 3.49. The summed E-state index contributed by atoms with van der Waals surface area (Å²) in [6, 6.07) is 4.67. The number of aromatic nitrogens is 2. The Morgan fingerprint density at radius 1 is 1.08 bits per heavy atom. The summed E-state index contributed by atoms with van der Waals surface area (Å²) in [7, 11) is 0. The van der Waals surface area contributed by atoms with E-state index in [0.29, 0.717) is 21.6 Å². The molecule has 0 aliphatic heterocycles. The highest BCUT2D eigenvalue weighted by Crippen LogP contribution is 2.34. The SMILES string of the molecule is O=c1[nH]c(-c2ccc(C(F)(F)F)cc2)nc2sc3c(c12)CCCC3. The molecule has 24 heavy (non-hydrogen) atoms. The van der Waals surface area contributed by atoms with Gasteiger partial charge in [-0.05, 0) is 43.4 Å². The van der Waals surface area contributed by atoms with E-state index in [0.717, 1.165) is 43.4 Å². The Labute approximate surface area is 139 Å². The first-order chi connectivity index (χ1) is 11.4. The van der Waals surface area contributed by atoms with Gasteiger partial charge < -0.3 is 4.98 Å². The number of alkyl halides is 3. The van der Waals surface area contributed by atoms with Gasteiger partial charge in [-0.3, -0.25) is 4.79 Å². The molecule has 7 heteroatoms. The van der Waals surface area contributed by atoms with Gasteiger partial charge in [-0.25, -0.2) is 4.98 Å². The van der Waals surface area contributed by atoms with Crippen molar-refractivity contribution in [2.24, 2.45) is 0 Å². The van der Waals surface area contributed by atoms with E-state index < -0.39 is 11.7 Å². The third-order valence-electron chi connectivity index (χ3n) is 4.31. The predicted octanol–water partition coefficient (Wildman–Crippen LogP) is 4.55. The molecule has 2 aromatic heterocycles. The molecule has 124 valence electrons. The number of benzene rings is 1. The minimum Gasteiger partial charge on any atom is -0.306 e. The lowest BCUT2D eigenvalue weighted by Crippen LogP contribution is -2.11. The summed E-state index contributed by atoms with van der Waals surface area (Å²) in [4.78, 5) is 21.5. The number of thiophene rings is 1. The molecule has 0 amide bonds. The average molecular weight is 350 g/mol. The highest BCUT2D eigenvalue weighted by atomic mass is 32.1. The molecular formula is C17H13F3N2OS. The van der Waals surface area contributed by atoms with Crippen LogP contribution in [0.5, 0.6) is 0 Å². The first-order valence-corrected chi connectivity index (χ1v) is 8.47. The lowest BCUT2D eigenvalue weighted by atomic mass is 9.97. The first-order valence-electron chi connectivity index (χ1n) is 7.66. The Bertz CT molecular complexity index is 970. The maximum atomic E-state index is 12.7. The molecule has 3 nitrogen and oxygen atoms in total. The number of H-pyrrole nitrogens is 1. The fourth-order valence-electron chi connectivity index (χ4n) is 3.12. The van der Waals surface area contributed by atoms with Gasteiger partial charge in [0, 0.05) is 10.4 Å². The molecule has 1 aliphatic rings. The van der Waals surface area contributed by atoms with Crippen LogP contribution in [0.4, 0.5) is 13.2 Å². The monoisotopic (exact) mass is 350 g/mol. The molecule has 0 bridgehead atoms.